The van der Waals surface area contributed by atoms with E-state index in [4.69, 9.17) is 0 Å². The first kappa shape index (κ1) is 9.27. The van der Waals surface area contributed by atoms with Crippen molar-refractivity contribution in [2.45, 2.75) is 13.0 Å². The lowest BCUT2D eigenvalue weighted by Gasteiger charge is -2.20. The van der Waals surface area contributed by atoms with E-state index >= 15 is 0 Å². The van der Waals surface area contributed by atoms with Gasteiger partial charge in [-0.15, -0.1) is 5.10 Å². The van der Waals surface area contributed by atoms with Crippen LogP contribution >= 0.6 is 0 Å². The van der Waals surface area contributed by atoms with Crippen molar-refractivity contribution in [1.82, 2.24) is 20.0 Å². The molecule has 4 nitrogen and oxygen atoms in total. The van der Waals surface area contributed by atoms with Gasteiger partial charge < -0.3 is 0 Å². The summed E-state index contributed by atoms with van der Waals surface area (Å²) in [4.78, 5) is 4.04. The van der Waals surface area contributed by atoms with Gasteiger partial charge >= 0.3 is 0 Å². The van der Waals surface area contributed by atoms with Crippen molar-refractivity contribution in [2.75, 3.05) is 0 Å². The molecule has 1 aliphatic rings. The smallest absolute Gasteiger partial charge is 0.131 e. The summed E-state index contributed by atoms with van der Waals surface area (Å²) in [5.74, 6) is 0.433. The van der Waals surface area contributed by atoms with Gasteiger partial charge in [0.25, 0.3) is 0 Å². The number of pyridine rings is 1. The van der Waals surface area contributed by atoms with Crippen LogP contribution in [0.25, 0.3) is 11.0 Å². The summed E-state index contributed by atoms with van der Waals surface area (Å²) in [6.07, 6.45) is 12.0. The fraction of sp³-hybridized carbons (Fsp3) is 0.250. The molecule has 4 heteroatoms. The Bertz CT molecular complexity index is 567. The maximum atomic E-state index is 4.21. The highest BCUT2D eigenvalue weighted by molar-refractivity contribution is 5.72. The standard InChI is InChI=1S/C12H12N4/c1-9-4-2-3-5-11(9)16-12-6-7-13-8-10(12)14-15-16/h2-9,11H,1H3. The van der Waals surface area contributed by atoms with E-state index in [1.54, 1.807) is 12.4 Å². The fourth-order valence-corrected chi connectivity index (χ4v) is 2.03. The van der Waals surface area contributed by atoms with Crippen LogP contribution in [0.5, 0.6) is 0 Å². The van der Waals surface area contributed by atoms with Gasteiger partial charge in [-0.05, 0) is 6.07 Å². The summed E-state index contributed by atoms with van der Waals surface area (Å²) in [6, 6.07) is 2.20. The minimum Gasteiger partial charge on any atom is -0.262 e. The molecule has 2 unspecified atom stereocenters. The molecule has 3 rings (SSSR count). The van der Waals surface area contributed by atoms with Crippen molar-refractivity contribution in [3.63, 3.8) is 0 Å². The predicted octanol–water partition coefficient (Wildman–Crippen LogP) is 2.13. The highest BCUT2D eigenvalue weighted by Gasteiger charge is 2.19. The molecule has 16 heavy (non-hydrogen) atoms. The first-order chi connectivity index (χ1) is 7.86. The molecule has 0 saturated heterocycles. The summed E-state index contributed by atoms with van der Waals surface area (Å²) in [5.41, 5.74) is 1.88. The molecule has 2 aromatic rings. The van der Waals surface area contributed by atoms with Crippen LogP contribution in [0.1, 0.15) is 13.0 Å². The lowest BCUT2D eigenvalue weighted by molar-refractivity contribution is 0.445. The fourth-order valence-electron chi connectivity index (χ4n) is 2.03. The van der Waals surface area contributed by atoms with Gasteiger partial charge in [0, 0.05) is 12.1 Å². The van der Waals surface area contributed by atoms with Crippen LogP contribution in [0.15, 0.2) is 42.8 Å². The van der Waals surface area contributed by atoms with Crippen LogP contribution in [0.4, 0.5) is 0 Å². The monoisotopic (exact) mass is 212 g/mol. The summed E-state index contributed by atoms with van der Waals surface area (Å²) in [5, 5.41) is 8.33. The average molecular weight is 212 g/mol. The van der Waals surface area contributed by atoms with Crippen molar-refractivity contribution < 1.29 is 0 Å². The largest absolute Gasteiger partial charge is 0.262 e. The number of nitrogens with zero attached hydrogens (tertiary/aromatic N) is 4. The summed E-state index contributed by atoms with van der Waals surface area (Å²) >= 11 is 0. The Morgan fingerprint density at radius 2 is 2.12 bits per heavy atom. The van der Waals surface area contributed by atoms with Gasteiger partial charge in [0.05, 0.1) is 17.8 Å². The molecular weight excluding hydrogens is 200 g/mol. The van der Waals surface area contributed by atoms with Gasteiger partial charge in [0.1, 0.15) is 5.52 Å². The zero-order valence-corrected chi connectivity index (χ0v) is 8.99. The predicted molar refractivity (Wildman–Crippen MR) is 61.8 cm³/mol. The topological polar surface area (TPSA) is 43.6 Å². The molecule has 0 aliphatic heterocycles. The molecule has 0 aromatic carbocycles. The molecule has 2 heterocycles. The van der Waals surface area contributed by atoms with Crippen molar-refractivity contribution in [3.05, 3.63) is 42.8 Å². The maximum absolute atomic E-state index is 4.21. The number of aromatic nitrogens is 4. The third-order valence-electron chi connectivity index (χ3n) is 2.93. The van der Waals surface area contributed by atoms with Gasteiger partial charge in [0.15, 0.2) is 0 Å². The van der Waals surface area contributed by atoms with Crippen LogP contribution in [-0.4, -0.2) is 20.0 Å². The second-order valence-corrected chi connectivity index (χ2v) is 4.02. The highest BCUT2D eigenvalue weighted by atomic mass is 15.4. The third kappa shape index (κ3) is 1.34. The molecule has 0 N–H and O–H groups in total. The van der Waals surface area contributed by atoms with Crippen LogP contribution < -0.4 is 0 Å². The maximum Gasteiger partial charge on any atom is 0.131 e. The van der Waals surface area contributed by atoms with E-state index < -0.39 is 0 Å². The van der Waals surface area contributed by atoms with E-state index in [0.29, 0.717) is 5.92 Å². The van der Waals surface area contributed by atoms with Crippen molar-refractivity contribution in [2.24, 2.45) is 5.92 Å². The highest BCUT2D eigenvalue weighted by Crippen LogP contribution is 2.26. The van der Waals surface area contributed by atoms with Crippen LogP contribution in [-0.2, 0) is 0 Å². The second kappa shape index (κ2) is 3.56. The summed E-state index contributed by atoms with van der Waals surface area (Å²) < 4.78 is 1.96. The summed E-state index contributed by atoms with van der Waals surface area (Å²) in [6.45, 7) is 2.18. The number of hydrogen-bond acceptors (Lipinski definition) is 3. The Labute approximate surface area is 93.3 Å². The van der Waals surface area contributed by atoms with Gasteiger partial charge in [0.2, 0.25) is 0 Å². The zero-order valence-electron chi connectivity index (χ0n) is 8.99. The van der Waals surface area contributed by atoms with Crippen molar-refractivity contribution in [3.8, 4) is 0 Å². The number of hydrogen-bond donors (Lipinski definition) is 0. The third-order valence-corrected chi connectivity index (χ3v) is 2.93. The van der Waals surface area contributed by atoms with E-state index in [0.717, 1.165) is 11.0 Å². The van der Waals surface area contributed by atoms with Crippen molar-refractivity contribution in [1.29, 1.82) is 0 Å². The zero-order chi connectivity index (χ0) is 11.0. The normalized spacial score (nSPS) is 24.1. The Morgan fingerprint density at radius 1 is 1.25 bits per heavy atom. The molecule has 2 aromatic heterocycles. The molecular formula is C12H12N4. The molecule has 1 aliphatic carbocycles. The molecule has 0 spiro atoms. The quantitative estimate of drug-likeness (QED) is 0.727. The molecule has 0 saturated carbocycles. The summed E-state index contributed by atoms with van der Waals surface area (Å²) in [7, 11) is 0. The Kier molecular flexibility index (Phi) is 2.06. The van der Waals surface area contributed by atoms with Crippen LogP contribution in [0.3, 0.4) is 0 Å². The number of fused-ring (bicyclic) bond motifs is 1. The minimum atomic E-state index is 0.248. The van der Waals surface area contributed by atoms with E-state index in [2.05, 4.69) is 46.5 Å². The van der Waals surface area contributed by atoms with Gasteiger partial charge in [-0.3, -0.25) is 4.98 Å². The first-order valence-corrected chi connectivity index (χ1v) is 5.36. The average Bonchev–Trinajstić information content (AvgIpc) is 2.74. The lowest BCUT2D eigenvalue weighted by atomic mass is 9.97. The number of allylic oxidation sites excluding steroid dienone is 4. The number of rotatable bonds is 1. The van der Waals surface area contributed by atoms with E-state index in [1.165, 1.54) is 0 Å². The minimum absolute atomic E-state index is 0.248. The van der Waals surface area contributed by atoms with Gasteiger partial charge in [-0.25, -0.2) is 4.68 Å². The molecule has 0 fully saturated rings. The Balaban J connectivity index is 2.12. The second-order valence-electron chi connectivity index (χ2n) is 4.02. The van der Waals surface area contributed by atoms with Crippen LogP contribution in [0, 0.1) is 5.92 Å². The first-order valence-electron chi connectivity index (χ1n) is 5.36. The van der Waals surface area contributed by atoms with Crippen molar-refractivity contribution >= 4 is 11.0 Å². The SMILES string of the molecule is CC1C=CC=CC1n1nnc2cnccc21. The van der Waals surface area contributed by atoms with E-state index in [-0.39, 0.29) is 6.04 Å². The molecule has 0 amide bonds. The van der Waals surface area contributed by atoms with Gasteiger partial charge in [-0.2, -0.15) is 0 Å². The van der Waals surface area contributed by atoms with Gasteiger partial charge in [-0.1, -0.05) is 36.4 Å². The molecule has 0 radical (unpaired) electrons. The van der Waals surface area contributed by atoms with Crippen LogP contribution in [0.2, 0.25) is 0 Å². The molecule has 80 valence electrons. The Hall–Kier alpha value is -1.97. The van der Waals surface area contributed by atoms with E-state index in [1.807, 2.05) is 10.7 Å². The molecule has 2 atom stereocenters. The molecule has 0 bridgehead atoms. The van der Waals surface area contributed by atoms with E-state index in [9.17, 15) is 0 Å². The Morgan fingerprint density at radius 3 is 3.00 bits per heavy atom. The lowest BCUT2D eigenvalue weighted by Crippen LogP contribution is -2.16.